The van der Waals surface area contributed by atoms with Crippen molar-refractivity contribution in [1.29, 1.82) is 0 Å². The molecular weight excluding hydrogens is 264 g/mol. The van der Waals surface area contributed by atoms with Crippen molar-refractivity contribution in [3.8, 4) is 0 Å². The van der Waals surface area contributed by atoms with Crippen molar-refractivity contribution >= 4 is 27.7 Å². The molecule has 1 saturated heterocycles. The Bertz CT molecular complexity index is 448. The molecule has 1 N–H and O–H groups in total. The third kappa shape index (κ3) is 3.59. The average molecular weight is 282 g/mol. The summed E-state index contributed by atoms with van der Waals surface area (Å²) < 4.78 is 11.2. The van der Waals surface area contributed by atoms with Crippen LogP contribution in [0.4, 0.5) is 0 Å². The van der Waals surface area contributed by atoms with Crippen LogP contribution in [0.3, 0.4) is 0 Å². The van der Waals surface area contributed by atoms with Gasteiger partial charge in [-0.3, -0.25) is 9.20 Å². The highest BCUT2D eigenvalue weighted by Crippen LogP contribution is 2.25. The summed E-state index contributed by atoms with van der Waals surface area (Å²) in [6.45, 7) is 2.59. The number of aliphatic imine (C=N–C) groups is 1. The van der Waals surface area contributed by atoms with Crippen molar-refractivity contribution in [2.75, 3.05) is 18.6 Å². The number of amidine groups is 1. The van der Waals surface area contributed by atoms with Crippen molar-refractivity contribution < 1.29 is 4.21 Å². The summed E-state index contributed by atoms with van der Waals surface area (Å²) >= 11 is 1.74. The van der Waals surface area contributed by atoms with Crippen molar-refractivity contribution in [2.24, 2.45) is 4.99 Å². The lowest BCUT2D eigenvalue weighted by molar-refractivity contribution is 0.677. The highest BCUT2D eigenvalue weighted by Gasteiger charge is 2.21. The lowest BCUT2D eigenvalue weighted by atomic mass is 10.1. The first-order valence-electron chi connectivity index (χ1n) is 5.98. The molecule has 1 aliphatic heterocycles. The minimum absolute atomic E-state index is 0.121. The topological polar surface area (TPSA) is 41.5 Å². The van der Waals surface area contributed by atoms with E-state index in [1.165, 1.54) is 5.56 Å². The Labute approximate surface area is 115 Å². The van der Waals surface area contributed by atoms with E-state index < -0.39 is 10.8 Å². The van der Waals surface area contributed by atoms with Gasteiger partial charge in [0.2, 0.25) is 0 Å². The standard InChI is InChI=1S/C13H18N2OS2/c1-10(18(2)16)8-14-13-15-12(9-17-13)11-6-4-3-5-7-11/h3-7,10,12H,8-9H2,1-2H3,(H,14,15). The smallest absolute Gasteiger partial charge is 0.157 e. The third-order valence-corrected chi connectivity index (χ3v) is 5.25. The van der Waals surface area contributed by atoms with Crippen molar-refractivity contribution in [1.82, 2.24) is 5.32 Å². The summed E-state index contributed by atoms with van der Waals surface area (Å²) in [6.07, 6.45) is 1.73. The van der Waals surface area contributed by atoms with Crippen LogP contribution in [0.5, 0.6) is 0 Å². The lowest BCUT2D eigenvalue weighted by Crippen LogP contribution is -2.21. The molecular formula is C13H18N2OS2. The molecule has 0 bridgehead atoms. The van der Waals surface area contributed by atoms with Crippen LogP contribution in [0.15, 0.2) is 35.3 Å². The van der Waals surface area contributed by atoms with Crippen LogP contribution >= 0.6 is 11.8 Å². The monoisotopic (exact) mass is 282 g/mol. The van der Waals surface area contributed by atoms with Gasteiger partial charge in [-0.2, -0.15) is 0 Å². The molecule has 0 saturated carbocycles. The molecule has 1 heterocycles. The van der Waals surface area contributed by atoms with Crippen LogP contribution in [0.25, 0.3) is 0 Å². The second kappa shape index (κ2) is 6.38. The molecule has 0 radical (unpaired) electrons. The fraction of sp³-hybridized carbons (Fsp3) is 0.462. The highest BCUT2D eigenvalue weighted by molar-refractivity contribution is 8.14. The quantitative estimate of drug-likeness (QED) is 0.920. The van der Waals surface area contributed by atoms with E-state index in [0.717, 1.165) is 10.9 Å². The fourth-order valence-corrected chi connectivity index (χ4v) is 2.94. The van der Waals surface area contributed by atoms with E-state index in [2.05, 4.69) is 34.6 Å². The van der Waals surface area contributed by atoms with Gasteiger partial charge in [0.25, 0.3) is 0 Å². The summed E-state index contributed by atoms with van der Waals surface area (Å²) in [5, 5.41) is 4.51. The molecule has 98 valence electrons. The van der Waals surface area contributed by atoms with Crippen LogP contribution < -0.4 is 5.32 Å². The minimum atomic E-state index is -0.799. The van der Waals surface area contributed by atoms with Crippen molar-refractivity contribution in [2.45, 2.75) is 18.2 Å². The number of nitrogens with zero attached hydrogens (tertiary/aromatic N) is 1. The van der Waals surface area contributed by atoms with Gasteiger partial charge in [0.1, 0.15) is 0 Å². The van der Waals surface area contributed by atoms with Crippen LogP contribution in [0, 0.1) is 0 Å². The van der Waals surface area contributed by atoms with E-state index in [9.17, 15) is 4.21 Å². The Morgan fingerprint density at radius 3 is 2.89 bits per heavy atom. The molecule has 2 rings (SSSR count). The van der Waals surface area contributed by atoms with E-state index in [0.29, 0.717) is 12.6 Å². The van der Waals surface area contributed by atoms with Crippen LogP contribution in [0.1, 0.15) is 18.5 Å². The third-order valence-electron chi connectivity index (χ3n) is 2.95. The predicted octanol–water partition coefficient (Wildman–Crippen LogP) is 2.19. The van der Waals surface area contributed by atoms with E-state index in [1.54, 1.807) is 18.0 Å². The zero-order valence-corrected chi connectivity index (χ0v) is 12.3. The Morgan fingerprint density at radius 2 is 2.22 bits per heavy atom. The van der Waals surface area contributed by atoms with Crippen LogP contribution in [0.2, 0.25) is 0 Å². The van der Waals surface area contributed by atoms with Crippen LogP contribution in [-0.4, -0.2) is 33.2 Å². The number of rotatable bonds is 4. The average Bonchev–Trinajstić information content (AvgIpc) is 2.85. The molecule has 5 heteroatoms. The molecule has 1 aromatic carbocycles. The molecule has 0 aromatic heterocycles. The molecule has 3 unspecified atom stereocenters. The second-order valence-electron chi connectivity index (χ2n) is 4.37. The Kier molecular flexibility index (Phi) is 4.83. The Morgan fingerprint density at radius 1 is 1.50 bits per heavy atom. The lowest BCUT2D eigenvalue weighted by Gasteiger charge is -2.10. The van der Waals surface area contributed by atoms with Gasteiger partial charge in [0.05, 0.1) is 17.8 Å². The molecule has 3 nitrogen and oxygen atoms in total. The SMILES string of the molecule is CC(CN=C1NC(c2ccccc2)CS1)S(C)=O. The summed E-state index contributed by atoms with van der Waals surface area (Å²) in [7, 11) is -0.799. The van der Waals surface area contributed by atoms with E-state index in [4.69, 9.17) is 0 Å². The van der Waals surface area contributed by atoms with E-state index >= 15 is 0 Å². The highest BCUT2D eigenvalue weighted by atomic mass is 32.2. The fourth-order valence-electron chi connectivity index (χ4n) is 1.67. The van der Waals surface area contributed by atoms with Gasteiger partial charge >= 0.3 is 0 Å². The van der Waals surface area contributed by atoms with E-state index in [1.807, 2.05) is 13.0 Å². The Balaban J connectivity index is 1.92. The largest absolute Gasteiger partial charge is 0.357 e. The number of hydrogen-bond donors (Lipinski definition) is 1. The maximum Gasteiger partial charge on any atom is 0.157 e. The van der Waals surface area contributed by atoms with Gasteiger partial charge < -0.3 is 5.32 Å². The van der Waals surface area contributed by atoms with Crippen molar-refractivity contribution in [3.05, 3.63) is 35.9 Å². The maximum absolute atomic E-state index is 11.2. The maximum atomic E-state index is 11.2. The predicted molar refractivity (Wildman–Crippen MR) is 80.6 cm³/mol. The summed E-state index contributed by atoms with van der Waals surface area (Å²) in [6, 6.07) is 10.7. The molecule has 1 aliphatic rings. The molecule has 0 spiro atoms. The number of benzene rings is 1. The first kappa shape index (κ1) is 13.6. The summed E-state index contributed by atoms with van der Waals surface area (Å²) in [4.78, 5) is 4.50. The minimum Gasteiger partial charge on any atom is -0.357 e. The van der Waals surface area contributed by atoms with E-state index in [-0.39, 0.29) is 5.25 Å². The second-order valence-corrected chi connectivity index (χ2v) is 7.18. The van der Waals surface area contributed by atoms with Gasteiger partial charge in [0.15, 0.2) is 5.17 Å². The zero-order chi connectivity index (χ0) is 13.0. The molecule has 1 aromatic rings. The van der Waals surface area contributed by atoms with Gasteiger partial charge in [-0.15, -0.1) is 0 Å². The van der Waals surface area contributed by atoms with Gasteiger partial charge in [-0.1, -0.05) is 42.1 Å². The molecule has 3 atom stereocenters. The number of thioether (sulfide) groups is 1. The molecule has 18 heavy (non-hydrogen) atoms. The van der Waals surface area contributed by atoms with Crippen LogP contribution in [-0.2, 0) is 10.8 Å². The first-order valence-corrected chi connectivity index (χ1v) is 8.58. The number of nitrogens with one attached hydrogen (secondary N) is 1. The molecule has 0 aliphatic carbocycles. The summed E-state index contributed by atoms with van der Waals surface area (Å²) in [5.74, 6) is 1.01. The van der Waals surface area contributed by atoms with Gasteiger partial charge in [-0.25, -0.2) is 0 Å². The molecule has 0 amide bonds. The van der Waals surface area contributed by atoms with Crippen molar-refractivity contribution in [3.63, 3.8) is 0 Å². The number of hydrogen-bond acceptors (Lipinski definition) is 3. The Hall–Kier alpha value is -0.810. The zero-order valence-electron chi connectivity index (χ0n) is 10.6. The summed E-state index contributed by atoms with van der Waals surface area (Å²) in [5.41, 5.74) is 1.29. The normalized spacial score (nSPS) is 24.8. The first-order chi connectivity index (χ1) is 8.66. The van der Waals surface area contributed by atoms with Gasteiger partial charge in [0, 0.05) is 22.8 Å². The molecule has 1 fully saturated rings. The van der Waals surface area contributed by atoms with Gasteiger partial charge in [-0.05, 0) is 12.5 Å².